The number of carbonyl (C=O) groups is 2. The molecule has 1 saturated heterocycles. The Kier molecular flexibility index (Phi) is 5.92. The molecule has 138 valence electrons. The second-order valence-corrected chi connectivity index (χ2v) is 7.49. The average molecular weight is 376 g/mol. The number of rotatable bonds is 6. The van der Waals surface area contributed by atoms with E-state index in [0.29, 0.717) is 18.1 Å². The van der Waals surface area contributed by atoms with Crippen LogP contribution in [-0.4, -0.2) is 22.7 Å². The molecule has 1 aromatic rings. The first-order valence-corrected chi connectivity index (χ1v) is 9.50. The summed E-state index contributed by atoms with van der Waals surface area (Å²) in [7, 11) is 0. The van der Waals surface area contributed by atoms with Gasteiger partial charge < -0.3 is 4.74 Å². The molecule has 2 fully saturated rings. The number of nitro benzene ring substituents is 1. The Balaban J connectivity index is 1.71. The Morgan fingerprint density at radius 2 is 2.04 bits per heavy atom. The monoisotopic (exact) mass is 376 g/mol. The molecule has 0 aromatic heterocycles. The average Bonchev–Trinajstić information content (AvgIpc) is 2.93. The molecule has 1 N–H and O–H groups in total. The lowest BCUT2D eigenvalue weighted by atomic mass is 9.87. The lowest BCUT2D eigenvalue weighted by Crippen LogP contribution is -2.17. The normalized spacial score (nSPS) is 19.6. The number of ether oxygens (including phenoxy) is 1. The Morgan fingerprint density at radius 1 is 1.27 bits per heavy atom. The van der Waals surface area contributed by atoms with Crippen LogP contribution >= 0.6 is 11.8 Å². The maximum absolute atomic E-state index is 11.6. The molecule has 0 atom stereocenters. The van der Waals surface area contributed by atoms with E-state index in [1.165, 1.54) is 50.3 Å². The SMILES string of the molecule is O=C1NC(=O)C(=Cc2ccc([N+](=O)[O-])c(OCCC3CCCCC3)c2)S1. The Labute approximate surface area is 155 Å². The van der Waals surface area contributed by atoms with Crippen molar-refractivity contribution in [2.45, 2.75) is 38.5 Å². The van der Waals surface area contributed by atoms with Crippen molar-refractivity contribution in [3.63, 3.8) is 0 Å². The van der Waals surface area contributed by atoms with Gasteiger partial charge in [0, 0.05) is 6.07 Å². The van der Waals surface area contributed by atoms with Crippen molar-refractivity contribution in [2.75, 3.05) is 6.61 Å². The van der Waals surface area contributed by atoms with Crippen LogP contribution < -0.4 is 10.1 Å². The standard InChI is InChI=1S/C18H20N2O5S/c21-17-16(26-18(22)19-17)11-13-6-7-14(20(23)24)15(10-13)25-9-8-12-4-2-1-3-5-12/h6-7,10-12H,1-5,8-9H2,(H,19,21,22). The summed E-state index contributed by atoms with van der Waals surface area (Å²) in [6, 6.07) is 4.44. The van der Waals surface area contributed by atoms with Crippen molar-refractivity contribution < 1.29 is 19.2 Å². The number of carbonyl (C=O) groups excluding carboxylic acids is 2. The topological polar surface area (TPSA) is 98.5 Å². The lowest BCUT2D eigenvalue weighted by molar-refractivity contribution is -0.385. The fraction of sp³-hybridized carbons (Fsp3) is 0.444. The van der Waals surface area contributed by atoms with Crippen LogP contribution in [0.4, 0.5) is 10.5 Å². The van der Waals surface area contributed by atoms with Crippen LogP contribution in [0.15, 0.2) is 23.1 Å². The van der Waals surface area contributed by atoms with Gasteiger partial charge in [-0.1, -0.05) is 32.1 Å². The third-order valence-electron chi connectivity index (χ3n) is 4.63. The molecule has 0 spiro atoms. The van der Waals surface area contributed by atoms with Gasteiger partial charge in [0.25, 0.3) is 11.1 Å². The predicted molar refractivity (Wildman–Crippen MR) is 98.9 cm³/mol. The number of thioether (sulfide) groups is 1. The molecular weight excluding hydrogens is 356 g/mol. The molecule has 1 aliphatic carbocycles. The van der Waals surface area contributed by atoms with Crippen LogP contribution in [0, 0.1) is 16.0 Å². The first-order chi connectivity index (χ1) is 12.5. The highest BCUT2D eigenvalue weighted by atomic mass is 32.2. The van der Waals surface area contributed by atoms with Crippen molar-refractivity contribution in [2.24, 2.45) is 5.92 Å². The maximum Gasteiger partial charge on any atom is 0.310 e. The van der Waals surface area contributed by atoms with E-state index in [-0.39, 0.29) is 16.3 Å². The minimum atomic E-state index is -0.479. The number of hydrogen-bond donors (Lipinski definition) is 1. The van der Waals surface area contributed by atoms with Gasteiger partial charge in [0.2, 0.25) is 0 Å². The number of nitrogens with one attached hydrogen (secondary N) is 1. The number of imide groups is 1. The molecule has 3 rings (SSSR count). The van der Waals surface area contributed by atoms with Gasteiger partial charge in [0.1, 0.15) is 0 Å². The van der Waals surface area contributed by atoms with Gasteiger partial charge in [0.15, 0.2) is 5.75 Å². The largest absolute Gasteiger partial charge is 0.487 e. The van der Waals surface area contributed by atoms with E-state index in [9.17, 15) is 19.7 Å². The molecule has 8 heteroatoms. The smallest absolute Gasteiger partial charge is 0.310 e. The van der Waals surface area contributed by atoms with Gasteiger partial charge >= 0.3 is 5.69 Å². The second-order valence-electron chi connectivity index (χ2n) is 6.48. The zero-order valence-electron chi connectivity index (χ0n) is 14.2. The molecule has 1 aromatic carbocycles. The summed E-state index contributed by atoms with van der Waals surface area (Å²) in [5, 5.41) is 13.0. The van der Waals surface area contributed by atoms with Crippen molar-refractivity contribution in [1.82, 2.24) is 5.32 Å². The Bertz CT molecular complexity index is 756. The molecule has 7 nitrogen and oxygen atoms in total. The zero-order chi connectivity index (χ0) is 18.5. The van der Waals surface area contributed by atoms with Crippen molar-refractivity contribution in [3.05, 3.63) is 38.8 Å². The van der Waals surface area contributed by atoms with Crippen LogP contribution in [0.3, 0.4) is 0 Å². The minimum Gasteiger partial charge on any atom is -0.487 e. The fourth-order valence-electron chi connectivity index (χ4n) is 3.27. The van der Waals surface area contributed by atoms with E-state index in [1.54, 1.807) is 6.07 Å². The van der Waals surface area contributed by atoms with Crippen LogP contribution in [0.2, 0.25) is 0 Å². The highest BCUT2D eigenvalue weighted by Crippen LogP contribution is 2.32. The highest BCUT2D eigenvalue weighted by molar-refractivity contribution is 8.18. The summed E-state index contributed by atoms with van der Waals surface area (Å²) in [5.74, 6) is 0.353. The van der Waals surface area contributed by atoms with Crippen LogP contribution in [0.1, 0.15) is 44.1 Å². The van der Waals surface area contributed by atoms with Gasteiger partial charge in [-0.05, 0) is 47.9 Å². The maximum atomic E-state index is 11.6. The van der Waals surface area contributed by atoms with Gasteiger partial charge in [0.05, 0.1) is 16.4 Å². The summed E-state index contributed by atoms with van der Waals surface area (Å²) in [4.78, 5) is 33.9. The third-order valence-corrected chi connectivity index (χ3v) is 5.44. The van der Waals surface area contributed by atoms with E-state index in [1.807, 2.05) is 0 Å². The highest BCUT2D eigenvalue weighted by Gasteiger charge is 2.25. The molecule has 26 heavy (non-hydrogen) atoms. The van der Waals surface area contributed by atoms with E-state index in [0.717, 1.165) is 18.2 Å². The van der Waals surface area contributed by atoms with Crippen molar-refractivity contribution in [1.29, 1.82) is 0 Å². The van der Waals surface area contributed by atoms with Crippen molar-refractivity contribution >= 4 is 34.7 Å². The van der Waals surface area contributed by atoms with E-state index in [2.05, 4.69) is 5.32 Å². The molecule has 1 aliphatic heterocycles. The zero-order valence-corrected chi connectivity index (χ0v) is 15.0. The Morgan fingerprint density at radius 3 is 2.69 bits per heavy atom. The molecular formula is C18H20N2O5S. The number of hydrogen-bond acceptors (Lipinski definition) is 6. The minimum absolute atomic E-state index is 0.101. The van der Waals surface area contributed by atoms with E-state index < -0.39 is 16.1 Å². The molecule has 2 amide bonds. The summed E-state index contributed by atoms with van der Waals surface area (Å²) in [5.41, 5.74) is 0.478. The molecule has 1 heterocycles. The molecule has 0 unspecified atom stereocenters. The fourth-order valence-corrected chi connectivity index (χ4v) is 3.95. The van der Waals surface area contributed by atoms with Crippen LogP contribution in [-0.2, 0) is 4.79 Å². The quantitative estimate of drug-likeness (QED) is 0.452. The third kappa shape index (κ3) is 4.63. The van der Waals surface area contributed by atoms with Crippen molar-refractivity contribution in [3.8, 4) is 5.75 Å². The molecule has 2 aliphatic rings. The number of nitrogens with zero attached hydrogens (tertiary/aromatic N) is 1. The van der Waals surface area contributed by atoms with Gasteiger partial charge in [-0.25, -0.2) is 0 Å². The van der Waals surface area contributed by atoms with Gasteiger partial charge in [-0.2, -0.15) is 0 Å². The van der Waals surface area contributed by atoms with Gasteiger partial charge in [-0.3, -0.25) is 25.0 Å². The van der Waals surface area contributed by atoms with E-state index in [4.69, 9.17) is 4.74 Å². The summed E-state index contributed by atoms with van der Waals surface area (Å²) < 4.78 is 5.71. The number of amides is 2. The van der Waals surface area contributed by atoms with E-state index >= 15 is 0 Å². The number of benzene rings is 1. The Hall–Kier alpha value is -2.35. The number of nitro groups is 1. The second kappa shape index (κ2) is 8.35. The summed E-state index contributed by atoms with van der Waals surface area (Å²) in [6.45, 7) is 0.430. The molecule has 0 bridgehead atoms. The van der Waals surface area contributed by atoms with Crippen LogP contribution in [0.5, 0.6) is 5.75 Å². The van der Waals surface area contributed by atoms with Gasteiger partial charge in [-0.15, -0.1) is 0 Å². The first kappa shape index (κ1) is 18.4. The van der Waals surface area contributed by atoms with Crippen LogP contribution in [0.25, 0.3) is 6.08 Å². The predicted octanol–water partition coefficient (Wildman–Crippen LogP) is 4.27. The summed E-state index contributed by atoms with van der Waals surface area (Å²) in [6.07, 6.45) is 8.57. The first-order valence-electron chi connectivity index (χ1n) is 8.69. The molecule has 1 saturated carbocycles. The molecule has 0 radical (unpaired) electrons. The summed E-state index contributed by atoms with van der Waals surface area (Å²) >= 11 is 0.808. The lowest BCUT2D eigenvalue weighted by Gasteiger charge is -2.21.